The Morgan fingerprint density at radius 3 is 2.79 bits per heavy atom. The second-order valence-corrected chi connectivity index (χ2v) is 6.86. The number of anilines is 1. The fourth-order valence-electron chi connectivity index (χ4n) is 1.69. The molecule has 0 atom stereocenters. The first-order valence-electron chi connectivity index (χ1n) is 5.77. The molecule has 0 bridgehead atoms. The molecule has 0 aliphatic rings. The summed E-state index contributed by atoms with van der Waals surface area (Å²) in [5.74, 6) is 0. The van der Waals surface area contributed by atoms with Crippen LogP contribution in [0.4, 0.5) is 5.69 Å². The molecule has 0 spiro atoms. The van der Waals surface area contributed by atoms with Crippen LogP contribution in [0.15, 0.2) is 40.9 Å². The van der Waals surface area contributed by atoms with E-state index in [0.717, 1.165) is 4.88 Å². The number of aromatic nitrogens is 1. The minimum atomic E-state index is -3.61. The molecule has 2 aromatic rings. The Morgan fingerprint density at radius 1 is 1.42 bits per heavy atom. The maximum atomic E-state index is 12.5. The summed E-state index contributed by atoms with van der Waals surface area (Å²) in [5, 5.41) is 1.92. The monoisotopic (exact) mass is 297 g/mol. The quantitative estimate of drug-likeness (QED) is 0.915. The second-order valence-electron chi connectivity index (χ2n) is 3.92. The van der Waals surface area contributed by atoms with Gasteiger partial charge in [0.25, 0.3) is 0 Å². The third kappa shape index (κ3) is 2.94. The molecule has 0 aliphatic carbocycles. The molecule has 102 valence electrons. The zero-order chi connectivity index (χ0) is 13.9. The summed E-state index contributed by atoms with van der Waals surface area (Å²) in [6.07, 6.45) is 2.77. The van der Waals surface area contributed by atoms with Crippen molar-refractivity contribution in [2.45, 2.75) is 18.4 Å². The van der Waals surface area contributed by atoms with E-state index < -0.39 is 10.0 Å². The van der Waals surface area contributed by atoms with Crippen LogP contribution in [-0.4, -0.2) is 24.3 Å². The summed E-state index contributed by atoms with van der Waals surface area (Å²) in [6, 6.07) is 5.31. The summed E-state index contributed by atoms with van der Waals surface area (Å²) in [5.41, 5.74) is 5.95. The number of sulfonamides is 1. The van der Waals surface area contributed by atoms with Gasteiger partial charge in [-0.2, -0.15) is 4.31 Å². The van der Waals surface area contributed by atoms with E-state index in [1.165, 1.54) is 34.1 Å². The normalized spacial score (nSPS) is 11.9. The van der Waals surface area contributed by atoms with Crippen molar-refractivity contribution in [2.75, 3.05) is 12.3 Å². The average Bonchev–Trinajstić information content (AvgIpc) is 2.89. The SMILES string of the molecule is CCN(Cc1cccs1)S(=O)(=O)c1cnccc1N. The van der Waals surface area contributed by atoms with Gasteiger partial charge in [0.15, 0.2) is 0 Å². The molecule has 0 aliphatic heterocycles. The molecule has 0 saturated carbocycles. The third-order valence-electron chi connectivity index (χ3n) is 2.70. The van der Waals surface area contributed by atoms with Gasteiger partial charge in [-0.05, 0) is 17.5 Å². The van der Waals surface area contributed by atoms with Gasteiger partial charge in [-0.25, -0.2) is 8.42 Å². The fraction of sp³-hybridized carbons (Fsp3) is 0.250. The van der Waals surface area contributed by atoms with Gasteiger partial charge >= 0.3 is 0 Å². The van der Waals surface area contributed by atoms with E-state index in [1.54, 1.807) is 6.92 Å². The van der Waals surface area contributed by atoms with E-state index in [9.17, 15) is 8.42 Å². The lowest BCUT2D eigenvalue weighted by molar-refractivity contribution is 0.426. The van der Waals surface area contributed by atoms with Gasteiger partial charge in [-0.15, -0.1) is 11.3 Å². The van der Waals surface area contributed by atoms with Gasteiger partial charge in [0.1, 0.15) is 4.90 Å². The number of nitrogens with two attached hydrogens (primary N) is 1. The number of thiophene rings is 1. The first kappa shape index (κ1) is 14.0. The fourth-order valence-corrected chi connectivity index (χ4v) is 3.98. The maximum Gasteiger partial charge on any atom is 0.246 e. The highest BCUT2D eigenvalue weighted by Crippen LogP contribution is 2.23. The smallest absolute Gasteiger partial charge is 0.246 e. The summed E-state index contributed by atoms with van der Waals surface area (Å²) >= 11 is 1.53. The Bertz CT molecular complexity index is 639. The van der Waals surface area contributed by atoms with Crippen LogP contribution >= 0.6 is 11.3 Å². The van der Waals surface area contributed by atoms with E-state index in [0.29, 0.717) is 13.1 Å². The first-order chi connectivity index (χ1) is 9.05. The zero-order valence-corrected chi connectivity index (χ0v) is 12.1. The Morgan fingerprint density at radius 2 is 2.21 bits per heavy atom. The van der Waals surface area contributed by atoms with Crippen molar-refractivity contribution in [3.63, 3.8) is 0 Å². The van der Waals surface area contributed by atoms with Crippen molar-refractivity contribution in [1.82, 2.24) is 9.29 Å². The van der Waals surface area contributed by atoms with Crippen LogP contribution in [0.25, 0.3) is 0 Å². The van der Waals surface area contributed by atoms with E-state index in [4.69, 9.17) is 5.73 Å². The van der Waals surface area contributed by atoms with E-state index >= 15 is 0 Å². The molecule has 0 aromatic carbocycles. The van der Waals surface area contributed by atoms with Crippen LogP contribution in [0.3, 0.4) is 0 Å². The van der Waals surface area contributed by atoms with Crippen molar-refractivity contribution in [1.29, 1.82) is 0 Å². The lowest BCUT2D eigenvalue weighted by Crippen LogP contribution is -2.30. The molecule has 2 N–H and O–H groups in total. The highest BCUT2D eigenvalue weighted by Gasteiger charge is 2.25. The van der Waals surface area contributed by atoms with Crippen molar-refractivity contribution in [3.8, 4) is 0 Å². The van der Waals surface area contributed by atoms with Crippen molar-refractivity contribution < 1.29 is 8.42 Å². The van der Waals surface area contributed by atoms with Crippen LogP contribution < -0.4 is 5.73 Å². The summed E-state index contributed by atoms with van der Waals surface area (Å²) in [7, 11) is -3.61. The van der Waals surface area contributed by atoms with Crippen LogP contribution in [0.1, 0.15) is 11.8 Å². The predicted molar refractivity (Wildman–Crippen MR) is 76.2 cm³/mol. The van der Waals surface area contributed by atoms with Gasteiger partial charge in [-0.1, -0.05) is 13.0 Å². The van der Waals surface area contributed by atoms with Crippen molar-refractivity contribution >= 4 is 27.0 Å². The Kier molecular flexibility index (Phi) is 4.18. The highest BCUT2D eigenvalue weighted by molar-refractivity contribution is 7.89. The molecule has 5 nitrogen and oxygen atoms in total. The van der Waals surface area contributed by atoms with Crippen LogP contribution in [0.5, 0.6) is 0 Å². The number of hydrogen-bond donors (Lipinski definition) is 1. The first-order valence-corrected chi connectivity index (χ1v) is 8.09. The number of nitrogen functional groups attached to an aromatic ring is 1. The average molecular weight is 297 g/mol. The molecule has 2 heterocycles. The molecule has 0 fully saturated rings. The number of nitrogens with zero attached hydrogens (tertiary/aromatic N) is 2. The van der Waals surface area contributed by atoms with Crippen LogP contribution in [0.2, 0.25) is 0 Å². The molecule has 2 aromatic heterocycles. The third-order valence-corrected chi connectivity index (χ3v) is 5.52. The van der Waals surface area contributed by atoms with Gasteiger partial charge in [-0.3, -0.25) is 4.98 Å². The topological polar surface area (TPSA) is 76.3 Å². The standard InChI is InChI=1S/C12H15N3O2S2/c1-2-15(9-10-4-3-7-18-10)19(16,17)12-8-14-6-5-11(12)13/h3-8H,2,9H2,1H3,(H2,13,14). The van der Waals surface area contributed by atoms with Gasteiger partial charge < -0.3 is 5.73 Å². The van der Waals surface area contributed by atoms with Gasteiger partial charge in [0.2, 0.25) is 10.0 Å². The molecule has 7 heteroatoms. The van der Waals surface area contributed by atoms with Crippen LogP contribution in [0, 0.1) is 0 Å². The molecular weight excluding hydrogens is 282 g/mol. The van der Waals surface area contributed by atoms with Crippen LogP contribution in [-0.2, 0) is 16.6 Å². The molecular formula is C12H15N3O2S2. The molecule has 2 rings (SSSR count). The molecule has 0 saturated heterocycles. The minimum absolute atomic E-state index is 0.0633. The van der Waals surface area contributed by atoms with Gasteiger partial charge in [0, 0.05) is 30.4 Å². The highest BCUT2D eigenvalue weighted by atomic mass is 32.2. The number of pyridine rings is 1. The molecule has 19 heavy (non-hydrogen) atoms. The summed E-state index contributed by atoms with van der Waals surface area (Å²) in [6.45, 7) is 2.54. The minimum Gasteiger partial charge on any atom is -0.398 e. The van der Waals surface area contributed by atoms with E-state index in [-0.39, 0.29) is 10.6 Å². The molecule has 0 amide bonds. The van der Waals surface area contributed by atoms with Gasteiger partial charge in [0.05, 0.1) is 5.69 Å². The predicted octanol–water partition coefficient (Wildman–Crippen LogP) is 1.94. The largest absolute Gasteiger partial charge is 0.398 e. The lowest BCUT2D eigenvalue weighted by atomic mass is 10.4. The van der Waals surface area contributed by atoms with Crippen molar-refractivity contribution in [3.05, 3.63) is 40.8 Å². The Hall–Kier alpha value is -1.44. The second kappa shape index (κ2) is 5.68. The number of rotatable bonds is 5. The van der Waals surface area contributed by atoms with Crippen molar-refractivity contribution in [2.24, 2.45) is 0 Å². The lowest BCUT2D eigenvalue weighted by Gasteiger charge is -2.20. The maximum absolute atomic E-state index is 12.5. The van der Waals surface area contributed by atoms with E-state index in [1.807, 2.05) is 17.5 Å². The molecule has 0 unspecified atom stereocenters. The summed E-state index contributed by atoms with van der Waals surface area (Å²) < 4.78 is 26.4. The number of hydrogen-bond acceptors (Lipinski definition) is 5. The molecule has 0 radical (unpaired) electrons. The summed E-state index contributed by atoms with van der Waals surface area (Å²) in [4.78, 5) is 4.90. The zero-order valence-electron chi connectivity index (χ0n) is 10.5. The Labute approximate surface area is 116 Å². The van der Waals surface area contributed by atoms with E-state index in [2.05, 4.69) is 4.98 Å². The Balaban J connectivity index is 2.34.